The quantitative estimate of drug-likeness (QED) is 0.363. The molecule has 0 saturated heterocycles. The lowest BCUT2D eigenvalue weighted by Gasteiger charge is -2.43. The predicted octanol–water partition coefficient (Wildman–Crippen LogP) is 5.55. The van der Waals surface area contributed by atoms with Crippen molar-refractivity contribution in [1.82, 2.24) is 5.32 Å². The van der Waals surface area contributed by atoms with Gasteiger partial charge in [-0.3, -0.25) is 0 Å². The lowest BCUT2D eigenvalue weighted by Crippen LogP contribution is -2.44. The third kappa shape index (κ3) is 7.60. The standard InChI is InChI=1S/C19H43NSi2/c1-16(2)15-21-13-9-11-20-12-10-14-22(17(3)4,18(5)6)19(7)8/h15,17-20H,9-14,21H2,1-8H3. The highest BCUT2D eigenvalue weighted by molar-refractivity contribution is 6.83. The normalized spacial score (nSPS) is 13.0. The van der Waals surface area contributed by atoms with E-state index in [1.54, 1.807) is 0 Å². The summed E-state index contributed by atoms with van der Waals surface area (Å²) < 4.78 is 0. The minimum absolute atomic E-state index is 0.0744. The lowest BCUT2D eigenvalue weighted by atomic mass is 10.4. The van der Waals surface area contributed by atoms with E-state index in [0.29, 0.717) is 0 Å². The first-order valence-electron chi connectivity index (χ1n) is 9.59. The summed E-state index contributed by atoms with van der Waals surface area (Å²) in [6, 6.07) is 2.96. The van der Waals surface area contributed by atoms with E-state index in [2.05, 4.69) is 66.4 Å². The van der Waals surface area contributed by atoms with Gasteiger partial charge < -0.3 is 5.32 Å². The van der Waals surface area contributed by atoms with Gasteiger partial charge in [0.2, 0.25) is 0 Å². The maximum atomic E-state index is 3.69. The van der Waals surface area contributed by atoms with E-state index in [1.165, 1.54) is 43.6 Å². The third-order valence-electron chi connectivity index (χ3n) is 5.55. The van der Waals surface area contributed by atoms with Crippen LogP contribution >= 0.6 is 0 Å². The molecule has 0 amide bonds. The van der Waals surface area contributed by atoms with Gasteiger partial charge in [0.1, 0.15) is 0 Å². The Balaban J connectivity index is 3.98. The molecule has 0 unspecified atom stereocenters. The number of nitrogens with one attached hydrogen (secondary N) is 1. The van der Waals surface area contributed by atoms with Crippen LogP contribution in [0.15, 0.2) is 11.3 Å². The van der Waals surface area contributed by atoms with Gasteiger partial charge in [-0.05, 0) is 39.8 Å². The Kier molecular flexibility index (Phi) is 11.7. The van der Waals surface area contributed by atoms with Crippen LogP contribution in [0.25, 0.3) is 0 Å². The fourth-order valence-corrected chi connectivity index (χ4v) is 12.1. The van der Waals surface area contributed by atoms with E-state index in [-0.39, 0.29) is 9.52 Å². The van der Waals surface area contributed by atoms with Crippen LogP contribution in [0.1, 0.15) is 68.2 Å². The van der Waals surface area contributed by atoms with Gasteiger partial charge in [-0.15, -0.1) is 5.70 Å². The molecular weight excluding hydrogens is 298 g/mol. The Morgan fingerprint density at radius 3 is 1.86 bits per heavy atom. The summed E-state index contributed by atoms with van der Waals surface area (Å²) in [6.45, 7) is 21.8. The van der Waals surface area contributed by atoms with Crippen molar-refractivity contribution >= 4 is 17.6 Å². The molecule has 0 fully saturated rings. The van der Waals surface area contributed by atoms with Crippen LogP contribution in [0.3, 0.4) is 0 Å². The molecule has 0 rings (SSSR count). The first-order valence-corrected chi connectivity index (χ1v) is 13.8. The molecule has 0 aromatic carbocycles. The van der Waals surface area contributed by atoms with Crippen molar-refractivity contribution in [3.05, 3.63) is 11.3 Å². The van der Waals surface area contributed by atoms with Crippen LogP contribution in [-0.4, -0.2) is 30.7 Å². The second kappa shape index (κ2) is 11.6. The summed E-state index contributed by atoms with van der Waals surface area (Å²) in [7, 11) is -1.09. The largest absolute Gasteiger partial charge is 0.317 e. The Morgan fingerprint density at radius 1 is 0.909 bits per heavy atom. The fourth-order valence-electron chi connectivity index (χ4n) is 4.30. The maximum Gasteiger partial charge on any atom is 0.0613 e. The van der Waals surface area contributed by atoms with Gasteiger partial charge in [-0.25, -0.2) is 0 Å². The second-order valence-corrected chi connectivity index (χ2v) is 16.1. The van der Waals surface area contributed by atoms with Gasteiger partial charge in [-0.2, -0.15) is 0 Å². The predicted molar refractivity (Wildman–Crippen MR) is 111 cm³/mol. The second-order valence-electron chi connectivity index (χ2n) is 8.21. The van der Waals surface area contributed by atoms with Crippen LogP contribution in [-0.2, 0) is 0 Å². The topological polar surface area (TPSA) is 12.0 Å². The van der Waals surface area contributed by atoms with Crippen molar-refractivity contribution in [2.45, 2.75) is 96.9 Å². The number of hydrogen-bond acceptors (Lipinski definition) is 1. The molecule has 0 spiro atoms. The minimum atomic E-state index is -1.16. The van der Waals surface area contributed by atoms with Gasteiger partial charge in [-0.1, -0.05) is 75.8 Å². The highest BCUT2D eigenvalue weighted by atomic mass is 28.3. The summed E-state index contributed by atoms with van der Waals surface area (Å²) in [6.07, 6.45) is 2.75. The average Bonchev–Trinajstić information content (AvgIpc) is 2.39. The SMILES string of the molecule is CC(C)=C[SiH2]CCCNCCC[Si](C(C)C)(C(C)C)C(C)C. The molecular formula is C19H43NSi2. The summed E-state index contributed by atoms with van der Waals surface area (Å²) in [5.41, 5.74) is 6.72. The van der Waals surface area contributed by atoms with Crippen molar-refractivity contribution < 1.29 is 0 Å². The zero-order valence-electron chi connectivity index (χ0n) is 16.8. The summed E-state index contributed by atoms with van der Waals surface area (Å²) >= 11 is 0. The van der Waals surface area contributed by atoms with Gasteiger partial charge in [0, 0.05) is 9.52 Å². The molecule has 132 valence electrons. The molecule has 0 bridgehead atoms. The number of hydrogen-bond donors (Lipinski definition) is 1. The van der Waals surface area contributed by atoms with E-state index in [1.807, 2.05) is 0 Å². The summed E-state index contributed by atoms with van der Waals surface area (Å²) in [5.74, 6) is 0. The Bertz CT molecular complexity index is 283. The van der Waals surface area contributed by atoms with Gasteiger partial charge in [0.25, 0.3) is 0 Å². The molecule has 0 saturated carbocycles. The van der Waals surface area contributed by atoms with Crippen molar-refractivity contribution in [3.8, 4) is 0 Å². The van der Waals surface area contributed by atoms with Crippen molar-refractivity contribution in [1.29, 1.82) is 0 Å². The number of rotatable bonds is 12. The van der Waals surface area contributed by atoms with Crippen LogP contribution < -0.4 is 5.32 Å². The third-order valence-corrected chi connectivity index (χ3v) is 15.2. The average molecular weight is 342 g/mol. The molecule has 1 N–H and O–H groups in total. The molecule has 0 aromatic rings. The maximum absolute atomic E-state index is 3.69. The van der Waals surface area contributed by atoms with E-state index < -0.39 is 8.07 Å². The monoisotopic (exact) mass is 341 g/mol. The van der Waals surface area contributed by atoms with Crippen LogP contribution in [0.4, 0.5) is 0 Å². The fraction of sp³-hybridized carbons (Fsp3) is 0.895. The lowest BCUT2D eigenvalue weighted by molar-refractivity contribution is 0.648. The van der Waals surface area contributed by atoms with Crippen LogP contribution in [0.2, 0.25) is 28.7 Å². The first kappa shape index (κ1) is 22.1. The van der Waals surface area contributed by atoms with Gasteiger partial charge >= 0.3 is 0 Å². The summed E-state index contributed by atoms with van der Waals surface area (Å²) in [5, 5.41) is 3.69. The van der Waals surface area contributed by atoms with Crippen molar-refractivity contribution in [3.63, 3.8) is 0 Å². The molecule has 0 aliphatic heterocycles. The Labute approximate surface area is 144 Å². The highest BCUT2D eigenvalue weighted by Crippen LogP contribution is 2.44. The molecule has 22 heavy (non-hydrogen) atoms. The van der Waals surface area contributed by atoms with E-state index in [0.717, 1.165) is 16.6 Å². The molecule has 3 heteroatoms. The smallest absolute Gasteiger partial charge is 0.0613 e. The minimum Gasteiger partial charge on any atom is -0.317 e. The van der Waals surface area contributed by atoms with E-state index in [4.69, 9.17) is 0 Å². The number of allylic oxidation sites excluding steroid dienone is 1. The molecule has 1 nitrogen and oxygen atoms in total. The van der Waals surface area contributed by atoms with E-state index in [9.17, 15) is 0 Å². The molecule has 0 atom stereocenters. The highest BCUT2D eigenvalue weighted by Gasteiger charge is 2.41. The molecule has 0 aliphatic carbocycles. The molecule has 0 radical (unpaired) electrons. The summed E-state index contributed by atoms with van der Waals surface area (Å²) in [4.78, 5) is 0. The Morgan fingerprint density at radius 2 is 1.41 bits per heavy atom. The molecule has 0 heterocycles. The molecule has 0 aliphatic rings. The van der Waals surface area contributed by atoms with Crippen molar-refractivity contribution in [2.24, 2.45) is 0 Å². The first-order chi connectivity index (χ1) is 10.2. The zero-order valence-corrected chi connectivity index (χ0v) is 19.2. The van der Waals surface area contributed by atoms with Crippen molar-refractivity contribution in [2.75, 3.05) is 13.1 Å². The van der Waals surface area contributed by atoms with Gasteiger partial charge in [0.05, 0.1) is 8.07 Å². The van der Waals surface area contributed by atoms with Crippen LogP contribution in [0.5, 0.6) is 0 Å². The van der Waals surface area contributed by atoms with Gasteiger partial charge in [0.15, 0.2) is 0 Å². The zero-order chi connectivity index (χ0) is 17.2. The molecule has 0 aromatic heterocycles. The van der Waals surface area contributed by atoms with E-state index >= 15 is 0 Å². The van der Waals surface area contributed by atoms with Crippen LogP contribution in [0, 0.1) is 0 Å². The Hall–Kier alpha value is 0.134.